The van der Waals surface area contributed by atoms with Crippen LogP contribution in [0, 0.1) is 55.4 Å². The lowest BCUT2D eigenvalue weighted by atomic mass is 10.0. The van der Waals surface area contributed by atoms with Crippen LogP contribution in [0.1, 0.15) is 65.5 Å². The number of aromatic nitrogens is 2. The summed E-state index contributed by atoms with van der Waals surface area (Å²) in [5, 5.41) is 8.80. The molecule has 0 aliphatic heterocycles. The van der Waals surface area contributed by atoms with Crippen LogP contribution in [0.4, 0.5) is 0 Å². The van der Waals surface area contributed by atoms with Gasteiger partial charge in [-0.3, -0.25) is 9.13 Å². The summed E-state index contributed by atoms with van der Waals surface area (Å²) in [5.41, 5.74) is 11.3. The number of benzene rings is 2. The molecule has 3 rings (SSSR count). The summed E-state index contributed by atoms with van der Waals surface area (Å²) in [6.45, 7) is 22.3. The zero-order chi connectivity index (χ0) is 26.2. The van der Waals surface area contributed by atoms with Crippen LogP contribution in [0.3, 0.4) is 0 Å². The highest BCUT2D eigenvalue weighted by molar-refractivity contribution is 6.23. The van der Waals surface area contributed by atoms with Crippen LogP contribution in [0.25, 0.3) is 11.4 Å². The highest BCUT2D eigenvalue weighted by Crippen LogP contribution is 2.26. The lowest BCUT2D eigenvalue weighted by Crippen LogP contribution is -2.27. The van der Waals surface area contributed by atoms with Crippen LogP contribution < -0.4 is 5.62 Å². The number of hydrogen-bond donors (Lipinski definition) is 0. The van der Waals surface area contributed by atoms with Crippen LogP contribution in [0.5, 0.6) is 0 Å². The number of carbonyl (C=O) groups is 1. The molecule has 0 bridgehead atoms. The minimum absolute atomic E-state index is 0.523. The number of imidazole rings is 1. The van der Waals surface area contributed by atoms with Gasteiger partial charge in [0.1, 0.15) is 11.8 Å². The molecule has 0 aliphatic rings. The third-order valence-corrected chi connectivity index (χ3v) is 6.03. The molecule has 0 atom stereocenters. The van der Waals surface area contributed by atoms with Crippen LogP contribution in [0.2, 0.25) is 0 Å². The second kappa shape index (κ2) is 9.68. The number of rotatable bonds is 4. The van der Waals surface area contributed by atoms with E-state index in [4.69, 9.17) is 4.74 Å². The van der Waals surface area contributed by atoms with Gasteiger partial charge < -0.3 is 4.74 Å². The zero-order valence-corrected chi connectivity index (χ0v) is 23.0. The number of esters is 1. The van der Waals surface area contributed by atoms with Crippen LogP contribution in [-0.4, -0.2) is 26.9 Å². The molecule has 3 aromatic rings. The average molecular weight is 475 g/mol. The average Bonchev–Trinajstić information content (AvgIpc) is 2.90. The molecule has 0 N–H and O–H groups in total. The van der Waals surface area contributed by atoms with Gasteiger partial charge in [-0.25, -0.2) is 4.79 Å². The van der Waals surface area contributed by atoms with Crippen molar-refractivity contribution in [3.63, 3.8) is 0 Å². The molecule has 0 fully saturated rings. The van der Waals surface area contributed by atoms with Gasteiger partial charge in [-0.1, -0.05) is 35.4 Å². The Labute approximate surface area is 209 Å². The predicted octanol–water partition coefficient (Wildman–Crippen LogP) is 5.96. The van der Waals surface area contributed by atoms with Crippen LogP contribution in [-0.2, 0) is 9.53 Å². The first kappa shape index (κ1) is 26.2. The van der Waals surface area contributed by atoms with Crippen molar-refractivity contribution in [1.29, 1.82) is 0 Å². The molecule has 6 nitrogen and oxygen atoms in total. The summed E-state index contributed by atoms with van der Waals surface area (Å²) in [7, 11) is 0. The molecular weight excluding hydrogens is 436 g/mol. The summed E-state index contributed by atoms with van der Waals surface area (Å²) in [5.74, 6) is -0.523. The minimum Gasteiger partial charge on any atom is -0.456 e. The van der Waals surface area contributed by atoms with Gasteiger partial charge in [0.05, 0.1) is 11.4 Å². The third kappa shape index (κ3) is 5.47. The van der Waals surface area contributed by atoms with Gasteiger partial charge in [-0.05, 0) is 98.4 Å². The van der Waals surface area contributed by atoms with Gasteiger partial charge in [0, 0.05) is 11.4 Å². The van der Waals surface area contributed by atoms with Crippen LogP contribution in [0.15, 0.2) is 34.5 Å². The number of ether oxygens (including phenoxy) is 1. The maximum absolute atomic E-state index is 12.3. The number of carbonyl (C=O) groups excluding carboxylic acids is 1. The van der Waals surface area contributed by atoms with Crippen molar-refractivity contribution in [2.75, 3.05) is 0 Å². The molecule has 1 heterocycles. The van der Waals surface area contributed by atoms with Crippen molar-refractivity contribution < 1.29 is 9.53 Å². The fourth-order valence-corrected chi connectivity index (χ4v) is 4.85. The van der Waals surface area contributed by atoms with Crippen molar-refractivity contribution in [3.8, 4) is 11.4 Å². The summed E-state index contributed by atoms with van der Waals surface area (Å²) in [6.07, 6.45) is 1.14. The second-order valence-electron chi connectivity index (χ2n) is 10.5. The van der Waals surface area contributed by atoms with Gasteiger partial charge in [0.2, 0.25) is 5.62 Å². The number of nitrogens with zero attached hydrogens (tertiary/aromatic N) is 4. The van der Waals surface area contributed by atoms with E-state index in [9.17, 15) is 4.79 Å². The monoisotopic (exact) mass is 474 g/mol. The second-order valence-corrected chi connectivity index (χ2v) is 10.5. The van der Waals surface area contributed by atoms with E-state index < -0.39 is 11.6 Å². The Kier molecular flexibility index (Phi) is 7.25. The van der Waals surface area contributed by atoms with Crippen molar-refractivity contribution >= 4 is 12.2 Å². The summed E-state index contributed by atoms with van der Waals surface area (Å²) in [6, 6.07) is 8.71. The summed E-state index contributed by atoms with van der Waals surface area (Å²) >= 11 is 0. The molecule has 0 amide bonds. The normalized spacial score (nSPS) is 11.9. The van der Waals surface area contributed by atoms with E-state index in [1.54, 1.807) is 0 Å². The number of hydrogen-bond acceptors (Lipinski definition) is 4. The Balaban J connectivity index is 2.39. The van der Waals surface area contributed by atoms with Crippen molar-refractivity contribution in [1.82, 2.24) is 9.13 Å². The molecule has 0 saturated heterocycles. The van der Waals surface area contributed by atoms with Crippen molar-refractivity contribution in [2.24, 2.45) is 10.2 Å². The molecule has 0 unspecified atom stereocenters. The first-order valence-corrected chi connectivity index (χ1v) is 12.0. The molecule has 1 aromatic heterocycles. The first-order valence-electron chi connectivity index (χ1n) is 12.0. The van der Waals surface area contributed by atoms with Gasteiger partial charge in [0.15, 0.2) is 0 Å². The molecule has 0 aliphatic carbocycles. The van der Waals surface area contributed by atoms with E-state index in [-0.39, 0.29) is 0 Å². The minimum atomic E-state index is -0.595. The standard InChI is InChI=1S/C29H38N4O2/c1-17-12-19(3)26(20(4)13-17)32-23(7)24(8)33(27-21(5)14-18(2)15-22(27)6)28(32)31-30-16-25(34)35-29(9,10)11/h12-16H,1-11H3/b30-16+. The Hall–Kier alpha value is -3.41. The molecule has 186 valence electrons. The SMILES string of the molecule is Cc1cc(C)c(-n2c(C)c(C)n(-c3c(C)cc(C)cc3C)c2=N/N=C/C(=O)OC(C)(C)C)c(C)c1. The van der Waals surface area contributed by atoms with E-state index in [1.165, 1.54) is 11.1 Å². The number of aryl methyl sites for hydroxylation is 6. The quantitative estimate of drug-likeness (QED) is 0.266. The van der Waals surface area contributed by atoms with Gasteiger partial charge in [-0.15, -0.1) is 10.2 Å². The summed E-state index contributed by atoms with van der Waals surface area (Å²) < 4.78 is 9.66. The molecule has 2 aromatic carbocycles. The van der Waals surface area contributed by atoms with Crippen molar-refractivity contribution in [2.45, 2.75) is 81.8 Å². The summed E-state index contributed by atoms with van der Waals surface area (Å²) in [4.78, 5) is 12.3. The maximum Gasteiger partial charge on any atom is 0.351 e. The van der Waals surface area contributed by atoms with E-state index in [2.05, 4.69) is 99.0 Å². The third-order valence-electron chi connectivity index (χ3n) is 6.03. The van der Waals surface area contributed by atoms with E-state index in [0.717, 1.165) is 51.2 Å². The van der Waals surface area contributed by atoms with E-state index in [0.29, 0.717) is 5.62 Å². The smallest absolute Gasteiger partial charge is 0.351 e. The maximum atomic E-state index is 12.3. The topological polar surface area (TPSA) is 60.9 Å². The van der Waals surface area contributed by atoms with Crippen molar-refractivity contribution in [3.05, 3.63) is 74.7 Å². The molecule has 0 saturated carbocycles. The molecule has 6 heteroatoms. The zero-order valence-electron chi connectivity index (χ0n) is 23.0. The molecule has 0 radical (unpaired) electrons. The van der Waals surface area contributed by atoms with Gasteiger partial charge >= 0.3 is 5.97 Å². The highest BCUT2D eigenvalue weighted by atomic mass is 16.6. The largest absolute Gasteiger partial charge is 0.456 e. The Morgan fingerprint density at radius 2 is 1.11 bits per heavy atom. The Morgan fingerprint density at radius 1 is 0.743 bits per heavy atom. The Morgan fingerprint density at radius 3 is 1.46 bits per heavy atom. The lowest BCUT2D eigenvalue weighted by Gasteiger charge is -2.17. The molecule has 0 spiro atoms. The van der Waals surface area contributed by atoms with Gasteiger partial charge in [-0.2, -0.15) is 0 Å². The van der Waals surface area contributed by atoms with Crippen LogP contribution >= 0.6 is 0 Å². The Bertz CT molecular complexity index is 1270. The first-order chi connectivity index (χ1) is 16.2. The molecular formula is C29H38N4O2. The highest BCUT2D eigenvalue weighted by Gasteiger charge is 2.21. The van der Waals surface area contributed by atoms with Gasteiger partial charge in [0.25, 0.3) is 0 Å². The predicted molar refractivity (Wildman–Crippen MR) is 143 cm³/mol. The van der Waals surface area contributed by atoms with E-state index >= 15 is 0 Å². The lowest BCUT2D eigenvalue weighted by molar-refractivity contribution is -0.145. The van der Waals surface area contributed by atoms with E-state index in [1.807, 2.05) is 20.8 Å². The fourth-order valence-electron chi connectivity index (χ4n) is 4.85. The fraction of sp³-hybridized carbons (Fsp3) is 0.414. The molecule has 35 heavy (non-hydrogen) atoms.